The van der Waals surface area contributed by atoms with Crippen LogP contribution in [0.5, 0.6) is 0 Å². The van der Waals surface area contributed by atoms with E-state index in [1.807, 2.05) is 31.2 Å². The molecule has 4 nitrogen and oxygen atoms in total. The van der Waals surface area contributed by atoms with Crippen molar-refractivity contribution in [3.8, 4) is 0 Å². The van der Waals surface area contributed by atoms with Crippen LogP contribution in [0.4, 0.5) is 4.79 Å². The molecule has 2 rings (SSSR count). The van der Waals surface area contributed by atoms with Crippen molar-refractivity contribution >= 4 is 11.7 Å². The molecule has 0 radical (unpaired) electrons. The molecule has 1 aliphatic rings. The average molecular weight is 218 g/mol. The molecule has 16 heavy (non-hydrogen) atoms. The number of hydrogen-bond acceptors (Lipinski definition) is 2. The van der Waals surface area contributed by atoms with Crippen molar-refractivity contribution < 1.29 is 9.90 Å². The lowest BCUT2D eigenvalue weighted by Crippen LogP contribution is -2.39. The average Bonchev–Trinajstić information content (AvgIpc) is 2.29. The van der Waals surface area contributed by atoms with Gasteiger partial charge in [-0.25, -0.2) is 4.79 Å². The molecular formula is C12H14N2O2. The Morgan fingerprint density at radius 2 is 2.38 bits per heavy atom. The van der Waals surface area contributed by atoms with Gasteiger partial charge in [0, 0.05) is 12.7 Å². The first-order valence-corrected chi connectivity index (χ1v) is 5.30. The van der Waals surface area contributed by atoms with Crippen LogP contribution in [0.1, 0.15) is 19.0 Å². The van der Waals surface area contributed by atoms with Crippen LogP contribution >= 0.6 is 0 Å². The Balaban J connectivity index is 2.21. The van der Waals surface area contributed by atoms with Crippen LogP contribution in [0.2, 0.25) is 0 Å². The second-order valence-corrected chi connectivity index (χ2v) is 3.87. The van der Waals surface area contributed by atoms with Crippen LogP contribution in [0.15, 0.2) is 30.5 Å². The normalized spacial score (nSPS) is 20.4. The second kappa shape index (κ2) is 4.35. The van der Waals surface area contributed by atoms with Gasteiger partial charge in [-0.2, -0.15) is 0 Å². The van der Waals surface area contributed by atoms with Gasteiger partial charge in [-0.3, -0.25) is 4.98 Å². The highest BCUT2D eigenvalue weighted by Crippen LogP contribution is 2.23. The van der Waals surface area contributed by atoms with Crippen LogP contribution in [-0.4, -0.2) is 33.7 Å². The Bertz CT molecular complexity index is 414. The third-order valence-corrected chi connectivity index (χ3v) is 2.80. The largest absolute Gasteiger partial charge is 0.465 e. The molecule has 0 aliphatic carbocycles. The summed E-state index contributed by atoms with van der Waals surface area (Å²) in [5.74, 6) is 0. The monoisotopic (exact) mass is 218 g/mol. The molecule has 1 aromatic heterocycles. The molecule has 0 spiro atoms. The summed E-state index contributed by atoms with van der Waals surface area (Å²) >= 11 is 0. The Hall–Kier alpha value is -1.84. The molecule has 1 atom stereocenters. The number of pyridine rings is 1. The van der Waals surface area contributed by atoms with E-state index in [9.17, 15) is 4.79 Å². The second-order valence-electron chi connectivity index (χ2n) is 3.87. The van der Waals surface area contributed by atoms with E-state index >= 15 is 0 Å². The quantitative estimate of drug-likeness (QED) is 0.786. The van der Waals surface area contributed by atoms with E-state index in [4.69, 9.17) is 5.11 Å². The highest BCUT2D eigenvalue weighted by atomic mass is 16.4. The van der Waals surface area contributed by atoms with Gasteiger partial charge in [-0.05, 0) is 31.1 Å². The van der Waals surface area contributed by atoms with Gasteiger partial charge in [0.2, 0.25) is 0 Å². The molecule has 0 saturated carbocycles. The standard InChI is InChI=1S/C12H14N2O2/c1-9-8-10(5-7-14(9)12(15)16)11-4-2-3-6-13-11/h2-4,6,8-9H,5,7H2,1H3,(H,15,16). The topological polar surface area (TPSA) is 53.4 Å². The van der Waals surface area contributed by atoms with Gasteiger partial charge in [0.05, 0.1) is 11.7 Å². The lowest BCUT2D eigenvalue weighted by atomic mass is 10.0. The van der Waals surface area contributed by atoms with Crippen molar-refractivity contribution in [3.05, 3.63) is 36.2 Å². The SMILES string of the molecule is CC1C=C(c2ccccn2)CCN1C(=O)O. The van der Waals surface area contributed by atoms with E-state index < -0.39 is 6.09 Å². The van der Waals surface area contributed by atoms with Crippen molar-refractivity contribution in [1.82, 2.24) is 9.88 Å². The lowest BCUT2D eigenvalue weighted by molar-refractivity contribution is 0.136. The summed E-state index contributed by atoms with van der Waals surface area (Å²) < 4.78 is 0. The number of amides is 1. The number of carbonyl (C=O) groups is 1. The van der Waals surface area contributed by atoms with Gasteiger partial charge in [0.1, 0.15) is 0 Å². The Morgan fingerprint density at radius 1 is 1.56 bits per heavy atom. The van der Waals surface area contributed by atoms with Gasteiger partial charge in [0.15, 0.2) is 0 Å². The molecular weight excluding hydrogens is 204 g/mol. The van der Waals surface area contributed by atoms with Gasteiger partial charge in [-0.15, -0.1) is 0 Å². The zero-order valence-electron chi connectivity index (χ0n) is 9.13. The Kier molecular flexibility index (Phi) is 2.90. The van der Waals surface area contributed by atoms with Crippen molar-refractivity contribution in [2.75, 3.05) is 6.54 Å². The minimum Gasteiger partial charge on any atom is -0.465 e. The molecule has 1 amide bonds. The zero-order valence-corrected chi connectivity index (χ0v) is 9.13. The fraction of sp³-hybridized carbons (Fsp3) is 0.333. The minimum atomic E-state index is -0.858. The highest BCUT2D eigenvalue weighted by molar-refractivity contribution is 5.70. The molecule has 84 valence electrons. The van der Waals surface area contributed by atoms with Gasteiger partial charge < -0.3 is 10.0 Å². The van der Waals surface area contributed by atoms with Crippen molar-refractivity contribution in [2.24, 2.45) is 0 Å². The molecule has 0 saturated heterocycles. The van der Waals surface area contributed by atoms with Crippen molar-refractivity contribution in [3.63, 3.8) is 0 Å². The molecule has 2 heterocycles. The van der Waals surface area contributed by atoms with E-state index in [-0.39, 0.29) is 6.04 Å². The Morgan fingerprint density at radius 3 is 2.94 bits per heavy atom. The number of nitrogens with zero attached hydrogens (tertiary/aromatic N) is 2. The minimum absolute atomic E-state index is 0.0803. The van der Waals surface area contributed by atoms with Crippen LogP contribution < -0.4 is 0 Å². The van der Waals surface area contributed by atoms with Crippen LogP contribution in [0.3, 0.4) is 0 Å². The first kappa shape index (κ1) is 10.7. The van der Waals surface area contributed by atoms with E-state index in [0.717, 1.165) is 17.7 Å². The molecule has 1 unspecified atom stereocenters. The summed E-state index contributed by atoms with van der Waals surface area (Å²) in [6.07, 6.45) is 3.60. The molecule has 1 aromatic rings. The molecule has 4 heteroatoms. The molecule has 0 bridgehead atoms. The fourth-order valence-electron chi connectivity index (χ4n) is 1.95. The number of carboxylic acid groups (broad SMARTS) is 1. The van der Waals surface area contributed by atoms with E-state index in [1.165, 1.54) is 4.90 Å². The van der Waals surface area contributed by atoms with Crippen molar-refractivity contribution in [1.29, 1.82) is 0 Å². The number of rotatable bonds is 1. The summed E-state index contributed by atoms with van der Waals surface area (Å²) in [5.41, 5.74) is 2.07. The third kappa shape index (κ3) is 2.05. The number of hydrogen-bond donors (Lipinski definition) is 1. The maximum atomic E-state index is 10.9. The van der Waals surface area contributed by atoms with Gasteiger partial charge >= 0.3 is 6.09 Å². The summed E-state index contributed by atoms with van der Waals surface area (Å²) in [6.45, 7) is 2.43. The third-order valence-electron chi connectivity index (χ3n) is 2.80. The maximum absolute atomic E-state index is 10.9. The summed E-state index contributed by atoms with van der Waals surface area (Å²) in [5, 5.41) is 8.95. The van der Waals surface area contributed by atoms with E-state index in [2.05, 4.69) is 4.98 Å². The van der Waals surface area contributed by atoms with E-state index in [0.29, 0.717) is 6.54 Å². The van der Waals surface area contributed by atoms with Gasteiger partial charge in [-0.1, -0.05) is 12.1 Å². The maximum Gasteiger partial charge on any atom is 0.407 e. The summed E-state index contributed by atoms with van der Waals surface area (Å²) in [4.78, 5) is 16.6. The highest BCUT2D eigenvalue weighted by Gasteiger charge is 2.23. The predicted molar refractivity (Wildman–Crippen MR) is 61.0 cm³/mol. The molecule has 0 aromatic carbocycles. The zero-order chi connectivity index (χ0) is 11.5. The van der Waals surface area contributed by atoms with Crippen molar-refractivity contribution in [2.45, 2.75) is 19.4 Å². The molecule has 0 fully saturated rings. The molecule has 1 N–H and O–H groups in total. The molecule has 1 aliphatic heterocycles. The van der Waals surface area contributed by atoms with Crippen LogP contribution in [-0.2, 0) is 0 Å². The first-order valence-electron chi connectivity index (χ1n) is 5.30. The van der Waals surface area contributed by atoms with Crippen LogP contribution in [0.25, 0.3) is 5.57 Å². The number of aromatic nitrogens is 1. The summed E-state index contributed by atoms with van der Waals surface area (Å²) in [7, 11) is 0. The van der Waals surface area contributed by atoms with Crippen LogP contribution in [0, 0.1) is 0 Å². The van der Waals surface area contributed by atoms with E-state index in [1.54, 1.807) is 6.20 Å². The smallest absolute Gasteiger partial charge is 0.407 e. The predicted octanol–water partition coefficient (Wildman–Crippen LogP) is 2.24. The Labute approximate surface area is 94.2 Å². The fourth-order valence-corrected chi connectivity index (χ4v) is 1.95. The summed E-state index contributed by atoms with van der Waals surface area (Å²) in [6, 6.07) is 5.69. The van der Waals surface area contributed by atoms with Gasteiger partial charge in [0.25, 0.3) is 0 Å². The lowest BCUT2D eigenvalue weighted by Gasteiger charge is -2.29. The first-order chi connectivity index (χ1) is 7.68.